The first-order valence-electron chi connectivity index (χ1n) is 14.7. The Morgan fingerprint density at radius 3 is 2.53 bits per heavy atom. The molecule has 1 aliphatic rings. The van der Waals surface area contributed by atoms with Gasteiger partial charge in [0.25, 0.3) is 0 Å². The second-order valence-corrected chi connectivity index (χ2v) is 11.4. The summed E-state index contributed by atoms with van der Waals surface area (Å²) in [6.07, 6.45) is 3.67. The van der Waals surface area contributed by atoms with E-state index in [4.69, 9.17) is 25.8 Å². The molecule has 1 heterocycles. The number of aromatic amines is 1. The van der Waals surface area contributed by atoms with Crippen LogP contribution in [0.25, 0.3) is 22.0 Å². The summed E-state index contributed by atoms with van der Waals surface area (Å²) in [5.41, 5.74) is 4.99. The third kappa shape index (κ3) is 6.56. The molecule has 45 heavy (non-hydrogen) atoms. The lowest BCUT2D eigenvalue weighted by molar-refractivity contribution is -0.121. The fraction of sp³-hybridized carbons (Fsp3) is 0.324. The van der Waals surface area contributed by atoms with Crippen LogP contribution >= 0.6 is 11.6 Å². The van der Waals surface area contributed by atoms with E-state index >= 15 is 0 Å². The summed E-state index contributed by atoms with van der Waals surface area (Å²) in [4.78, 5) is 42.1. The van der Waals surface area contributed by atoms with E-state index in [1.165, 1.54) is 20.1 Å². The van der Waals surface area contributed by atoms with Crippen LogP contribution in [-0.2, 0) is 22.4 Å². The highest BCUT2D eigenvalue weighted by molar-refractivity contribution is 6.31. The number of hydrogen-bond acceptors (Lipinski definition) is 7. The van der Waals surface area contributed by atoms with Crippen molar-refractivity contribution in [3.05, 3.63) is 80.6 Å². The zero-order valence-electron chi connectivity index (χ0n) is 25.9. The molecule has 0 saturated heterocycles. The number of aryl methyl sites for hydroxylation is 1. The Labute approximate surface area is 266 Å². The first-order valence-corrected chi connectivity index (χ1v) is 15.1. The van der Waals surface area contributed by atoms with E-state index < -0.39 is 12.1 Å². The lowest BCUT2D eigenvalue weighted by Crippen LogP contribution is -2.39. The average molecular weight is 633 g/mol. The van der Waals surface area contributed by atoms with Gasteiger partial charge in [0.05, 0.1) is 33.1 Å². The molecule has 0 fully saturated rings. The molecule has 10 nitrogen and oxygen atoms in total. The zero-order valence-corrected chi connectivity index (χ0v) is 26.7. The topological polar surface area (TPSA) is 131 Å². The summed E-state index contributed by atoms with van der Waals surface area (Å²) in [7, 11) is 4.65. The smallest absolute Gasteiger partial charge is 0.242 e. The molecular formula is C34H37ClN4O6. The normalized spacial score (nSPS) is 14.4. The number of amides is 2. The Hall–Kier alpha value is -4.70. The molecule has 0 bridgehead atoms. The van der Waals surface area contributed by atoms with Crippen molar-refractivity contribution in [3.8, 4) is 28.4 Å². The van der Waals surface area contributed by atoms with Crippen LogP contribution in [0.4, 0.5) is 5.69 Å². The summed E-state index contributed by atoms with van der Waals surface area (Å²) < 4.78 is 17.1. The van der Waals surface area contributed by atoms with Gasteiger partial charge < -0.3 is 35.1 Å². The fourth-order valence-corrected chi connectivity index (χ4v) is 6.13. The van der Waals surface area contributed by atoms with Gasteiger partial charge in [-0.05, 0) is 84.8 Å². The predicted octanol–water partition coefficient (Wildman–Crippen LogP) is 5.16. The maximum Gasteiger partial charge on any atom is 0.242 e. The average Bonchev–Trinajstić information content (AvgIpc) is 3.27. The number of aromatic nitrogens is 1. The minimum absolute atomic E-state index is 0.211. The number of rotatable bonds is 10. The van der Waals surface area contributed by atoms with Crippen molar-refractivity contribution in [1.82, 2.24) is 15.6 Å². The third-order valence-corrected chi connectivity index (χ3v) is 8.34. The maximum absolute atomic E-state index is 13.6. The molecule has 1 aliphatic carbocycles. The molecule has 4 aromatic rings. The Morgan fingerprint density at radius 2 is 1.82 bits per heavy atom. The quantitative estimate of drug-likeness (QED) is 0.190. The Balaban J connectivity index is 1.43. The number of hydrogen-bond donors (Lipinski definition) is 4. The van der Waals surface area contributed by atoms with Gasteiger partial charge >= 0.3 is 0 Å². The second kappa shape index (κ2) is 13.5. The lowest BCUT2D eigenvalue weighted by atomic mass is 9.95. The van der Waals surface area contributed by atoms with Gasteiger partial charge in [0.15, 0.2) is 11.5 Å². The van der Waals surface area contributed by atoms with Crippen LogP contribution in [0.5, 0.6) is 17.2 Å². The van der Waals surface area contributed by atoms with Gasteiger partial charge in [0.2, 0.25) is 23.0 Å². The second-order valence-electron chi connectivity index (χ2n) is 11.0. The van der Waals surface area contributed by atoms with Gasteiger partial charge in [-0.25, -0.2) is 0 Å². The van der Waals surface area contributed by atoms with Crippen molar-refractivity contribution in [3.63, 3.8) is 0 Å². The van der Waals surface area contributed by atoms with E-state index in [2.05, 4.69) is 20.9 Å². The Morgan fingerprint density at radius 1 is 1.04 bits per heavy atom. The van der Waals surface area contributed by atoms with Crippen LogP contribution in [0.15, 0.2) is 53.5 Å². The number of halogens is 1. The molecule has 0 unspecified atom stereocenters. The van der Waals surface area contributed by atoms with E-state index in [9.17, 15) is 14.4 Å². The van der Waals surface area contributed by atoms with Crippen LogP contribution < -0.4 is 35.6 Å². The monoisotopic (exact) mass is 632 g/mol. The van der Waals surface area contributed by atoms with Crippen LogP contribution in [-0.4, -0.2) is 50.7 Å². The van der Waals surface area contributed by atoms with Crippen LogP contribution in [0.3, 0.4) is 0 Å². The van der Waals surface area contributed by atoms with E-state index in [0.717, 1.165) is 27.6 Å². The summed E-state index contributed by atoms with van der Waals surface area (Å²) in [6.45, 7) is 3.56. The molecule has 5 rings (SSSR count). The Bertz CT molecular complexity index is 1820. The van der Waals surface area contributed by atoms with E-state index in [1.807, 2.05) is 36.5 Å². The zero-order chi connectivity index (χ0) is 32.2. The van der Waals surface area contributed by atoms with Crippen molar-refractivity contribution in [2.75, 3.05) is 33.2 Å². The molecule has 236 valence electrons. The van der Waals surface area contributed by atoms with E-state index in [-0.39, 0.29) is 22.9 Å². The highest BCUT2D eigenvalue weighted by Crippen LogP contribution is 2.50. The van der Waals surface area contributed by atoms with Crippen molar-refractivity contribution in [1.29, 1.82) is 0 Å². The number of carbonyl (C=O) groups excluding carboxylic acids is 2. The molecule has 0 saturated carbocycles. The van der Waals surface area contributed by atoms with Gasteiger partial charge in [-0.2, -0.15) is 0 Å². The maximum atomic E-state index is 13.6. The van der Waals surface area contributed by atoms with Gasteiger partial charge in [-0.15, -0.1) is 0 Å². The number of nitrogens with one attached hydrogen (secondary N) is 4. The largest absolute Gasteiger partial charge is 0.493 e. The molecule has 0 spiro atoms. The molecule has 2 atom stereocenters. The standard InChI is InChI=1S/C34H37ClN4O6/c1-18(34(42)36-13-12-21-17-37-26-10-7-22(35)15-24(21)26)38-28-11-8-23-25(16-29(28)41)27(39-19(2)40)9-6-20-14-30(43-3)32(44-4)33(45-5)31(20)23/h7-8,10-11,14-18,27,37H,6,9,12-13H2,1-5H3,(H,36,42)(H,38,41)(H,39,40)/t18-,27+/m0/s1. The number of benzene rings is 2. The molecule has 1 aromatic heterocycles. The third-order valence-electron chi connectivity index (χ3n) is 8.10. The summed E-state index contributed by atoms with van der Waals surface area (Å²) in [5, 5.41) is 10.7. The summed E-state index contributed by atoms with van der Waals surface area (Å²) in [6, 6.07) is 11.4. The fourth-order valence-electron chi connectivity index (χ4n) is 5.96. The molecular weight excluding hydrogens is 596 g/mol. The number of fused-ring (bicyclic) bond motifs is 4. The SMILES string of the molecule is COc1cc2c(c(OC)c1OC)-c1ccc(N[C@@H](C)C(=O)NCCc3c[nH]c4ccc(Cl)cc34)c(=O)cc1[C@H](NC(C)=O)CC2. The predicted molar refractivity (Wildman–Crippen MR) is 176 cm³/mol. The molecule has 3 aromatic carbocycles. The van der Waals surface area contributed by atoms with Gasteiger partial charge in [-0.3, -0.25) is 14.4 Å². The molecule has 4 N–H and O–H groups in total. The molecule has 11 heteroatoms. The van der Waals surface area contributed by atoms with Gasteiger partial charge in [-0.1, -0.05) is 17.7 Å². The number of H-pyrrole nitrogens is 1. The van der Waals surface area contributed by atoms with Crippen LogP contribution in [0.1, 0.15) is 43.0 Å². The molecule has 2 amide bonds. The lowest BCUT2D eigenvalue weighted by Gasteiger charge is -2.19. The first kappa shape index (κ1) is 31.7. The van der Waals surface area contributed by atoms with Crippen LogP contribution in [0.2, 0.25) is 5.02 Å². The molecule has 0 radical (unpaired) electrons. The number of anilines is 1. The van der Waals surface area contributed by atoms with Crippen molar-refractivity contribution < 1.29 is 23.8 Å². The van der Waals surface area contributed by atoms with E-state index in [1.54, 1.807) is 27.2 Å². The first-order chi connectivity index (χ1) is 21.6. The molecule has 0 aliphatic heterocycles. The highest BCUT2D eigenvalue weighted by Gasteiger charge is 2.29. The van der Waals surface area contributed by atoms with Gasteiger partial charge in [0.1, 0.15) is 6.04 Å². The van der Waals surface area contributed by atoms with Crippen molar-refractivity contribution in [2.24, 2.45) is 0 Å². The minimum Gasteiger partial charge on any atom is -0.493 e. The van der Waals surface area contributed by atoms with E-state index in [0.29, 0.717) is 59.2 Å². The number of ether oxygens (including phenoxy) is 3. The summed E-state index contributed by atoms with van der Waals surface area (Å²) in [5.74, 6) is 0.955. The number of methoxy groups -OCH3 is 3. The van der Waals surface area contributed by atoms with Crippen LogP contribution in [0, 0.1) is 0 Å². The number of carbonyl (C=O) groups is 2. The minimum atomic E-state index is -0.699. The highest BCUT2D eigenvalue weighted by atomic mass is 35.5. The van der Waals surface area contributed by atoms with Gasteiger partial charge in [0, 0.05) is 41.2 Å². The summed E-state index contributed by atoms with van der Waals surface area (Å²) >= 11 is 6.17. The Kier molecular flexibility index (Phi) is 9.53. The van der Waals surface area contributed by atoms with Crippen molar-refractivity contribution in [2.45, 2.75) is 45.2 Å². The van der Waals surface area contributed by atoms with Crippen molar-refractivity contribution >= 4 is 40.0 Å².